The highest BCUT2D eigenvalue weighted by atomic mass is 19.1. The number of rotatable bonds is 7. The highest BCUT2D eigenvalue weighted by Gasteiger charge is 2.30. The molecule has 2 aromatic carbocycles. The third kappa shape index (κ3) is 4.75. The number of carbonyl (C=O) groups is 1. The number of benzene rings is 2. The van der Waals surface area contributed by atoms with Crippen molar-refractivity contribution in [2.75, 3.05) is 19.7 Å². The molecule has 3 aliphatic rings. The van der Waals surface area contributed by atoms with Crippen molar-refractivity contribution in [1.82, 2.24) is 34.5 Å². The number of fused-ring (bicyclic) bond motifs is 2. The van der Waals surface area contributed by atoms with Crippen LogP contribution < -0.4 is 10.1 Å². The van der Waals surface area contributed by atoms with Crippen molar-refractivity contribution in [3.8, 4) is 28.6 Å². The van der Waals surface area contributed by atoms with Crippen LogP contribution in [-0.4, -0.2) is 60.9 Å². The largest absolute Gasteiger partial charge is 0.491 e. The molecule has 2 aliphatic heterocycles. The Morgan fingerprint density at radius 2 is 1.86 bits per heavy atom. The van der Waals surface area contributed by atoms with Gasteiger partial charge >= 0.3 is 0 Å². The molecule has 1 saturated heterocycles. The molecule has 5 heterocycles. The van der Waals surface area contributed by atoms with Crippen LogP contribution in [0.15, 0.2) is 79.5 Å². The fourth-order valence-corrected chi connectivity index (χ4v) is 6.36. The lowest BCUT2D eigenvalue weighted by molar-refractivity contribution is -0.127. The molecule has 2 fully saturated rings. The summed E-state index contributed by atoms with van der Waals surface area (Å²) in [5.41, 5.74) is 4.60. The van der Waals surface area contributed by atoms with Crippen molar-refractivity contribution < 1.29 is 13.9 Å². The number of nitrogens with one attached hydrogen (secondary N) is 1. The van der Waals surface area contributed by atoms with Crippen molar-refractivity contribution in [3.63, 3.8) is 0 Å². The van der Waals surface area contributed by atoms with Gasteiger partial charge in [0.15, 0.2) is 11.5 Å². The van der Waals surface area contributed by atoms with Crippen LogP contribution in [0.1, 0.15) is 48.9 Å². The van der Waals surface area contributed by atoms with E-state index in [-0.39, 0.29) is 17.8 Å². The summed E-state index contributed by atoms with van der Waals surface area (Å²) in [6, 6.07) is 18.9. The molecule has 9 nitrogen and oxygen atoms in total. The average Bonchev–Trinajstić information content (AvgIpc) is 3.47. The molecule has 1 N–H and O–H groups in total. The number of pyridine rings is 1. The maximum Gasteiger partial charge on any atom is 0.245 e. The number of imidazole rings is 1. The lowest BCUT2D eigenvalue weighted by Crippen LogP contribution is -2.45. The molecular weight excluding hydrogens is 557 g/mol. The Kier molecular flexibility index (Phi) is 6.52. The monoisotopic (exact) mass is 589 g/mol. The second-order valence-corrected chi connectivity index (χ2v) is 11.8. The first-order valence-electron chi connectivity index (χ1n) is 15.2. The van der Waals surface area contributed by atoms with Gasteiger partial charge in [-0.2, -0.15) is 5.10 Å². The zero-order chi connectivity index (χ0) is 29.8. The predicted octanol–water partition coefficient (Wildman–Crippen LogP) is 5.49. The zero-order valence-corrected chi connectivity index (χ0v) is 24.2. The minimum atomic E-state index is -0.354. The molecule has 1 saturated carbocycles. The van der Waals surface area contributed by atoms with Gasteiger partial charge in [0.25, 0.3) is 0 Å². The number of hydrogen-bond donors (Lipinski definition) is 1. The molecule has 8 rings (SSSR count). The normalized spacial score (nSPS) is 18.4. The minimum absolute atomic E-state index is 0.0125. The standard InChI is InChI=1S/C34H32FN7O2/c1-2-32(43)40-16-13-22(14-17-40)36-29-20-44-30-19-23(9-10-25(29)30)42-33(24-5-3-4-6-26(24)35)37-28-11-12-31(38-34(28)42)41-18-15-27(39-41)21-7-8-21/h2-6,9-12,15,18-19,21-22,29,36H,1,7-8,13-14,16-17,20H2. The van der Waals surface area contributed by atoms with Gasteiger partial charge in [0.2, 0.25) is 5.91 Å². The van der Waals surface area contributed by atoms with Crippen molar-refractivity contribution in [2.24, 2.45) is 0 Å². The Bertz CT molecular complexity index is 1900. The Hall–Kier alpha value is -4.83. The van der Waals surface area contributed by atoms with Crippen molar-refractivity contribution in [3.05, 3.63) is 96.6 Å². The number of halogens is 1. The molecule has 44 heavy (non-hydrogen) atoms. The van der Waals surface area contributed by atoms with Crippen LogP contribution in [0.5, 0.6) is 5.75 Å². The SMILES string of the molecule is C=CC(=O)N1CCC(NC2COc3cc(-n4c(-c5ccccc5F)nc5ccc(-n6ccc(C7CC7)n6)nc54)ccc32)CC1. The number of aromatic nitrogens is 5. The van der Waals surface area contributed by atoms with Gasteiger partial charge in [0, 0.05) is 42.9 Å². The zero-order valence-electron chi connectivity index (χ0n) is 24.2. The van der Waals surface area contributed by atoms with Crippen molar-refractivity contribution >= 4 is 17.1 Å². The van der Waals surface area contributed by atoms with E-state index in [0.717, 1.165) is 35.5 Å². The minimum Gasteiger partial charge on any atom is -0.491 e. The van der Waals surface area contributed by atoms with Crippen LogP contribution in [0, 0.1) is 5.82 Å². The third-order valence-corrected chi connectivity index (χ3v) is 8.90. The van der Waals surface area contributed by atoms with Gasteiger partial charge in [0.1, 0.15) is 29.5 Å². The number of amides is 1. The summed E-state index contributed by atoms with van der Waals surface area (Å²) in [4.78, 5) is 23.7. The van der Waals surface area contributed by atoms with E-state index in [9.17, 15) is 4.79 Å². The van der Waals surface area contributed by atoms with Crippen LogP contribution in [-0.2, 0) is 4.79 Å². The molecule has 222 valence electrons. The van der Waals surface area contributed by atoms with Gasteiger partial charge in [-0.05, 0) is 68.2 Å². The number of carbonyl (C=O) groups excluding carboxylic acids is 1. The van der Waals surface area contributed by atoms with Crippen LogP contribution >= 0.6 is 0 Å². The fraction of sp³-hybridized carbons (Fsp3) is 0.294. The molecule has 1 amide bonds. The maximum atomic E-state index is 15.2. The molecule has 0 bridgehead atoms. The molecular formula is C34H32FN7O2. The first kappa shape index (κ1) is 26.8. The highest BCUT2D eigenvalue weighted by Crippen LogP contribution is 2.40. The molecule has 3 aromatic heterocycles. The predicted molar refractivity (Wildman–Crippen MR) is 165 cm³/mol. The molecule has 1 atom stereocenters. The first-order valence-corrected chi connectivity index (χ1v) is 15.2. The van der Waals surface area contributed by atoms with E-state index in [4.69, 9.17) is 19.8 Å². The van der Waals surface area contributed by atoms with E-state index in [0.29, 0.717) is 60.0 Å². The topological polar surface area (TPSA) is 90.1 Å². The summed E-state index contributed by atoms with van der Waals surface area (Å²) in [5.74, 6) is 2.09. The summed E-state index contributed by atoms with van der Waals surface area (Å²) in [5, 5.41) is 8.51. The van der Waals surface area contributed by atoms with E-state index < -0.39 is 0 Å². The number of ether oxygens (including phenoxy) is 1. The highest BCUT2D eigenvalue weighted by molar-refractivity contribution is 5.87. The Balaban J connectivity index is 1.14. The first-order chi connectivity index (χ1) is 21.6. The summed E-state index contributed by atoms with van der Waals surface area (Å²) in [6.07, 6.45) is 7.43. The van der Waals surface area contributed by atoms with E-state index in [1.807, 2.05) is 46.0 Å². The summed E-state index contributed by atoms with van der Waals surface area (Å²) in [7, 11) is 0. The molecule has 10 heteroatoms. The number of likely N-dealkylation sites (tertiary alicyclic amines) is 1. The number of nitrogens with zero attached hydrogens (tertiary/aromatic N) is 6. The second-order valence-electron chi connectivity index (χ2n) is 11.8. The van der Waals surface area contributed by atoms with Crippen molar-refractivity contribution in [1.29, 1.82) is 0 Å². The van der Waals surface area contributed by atoms with E-state index in [2.05, 4.69) is 24.0 Å². The van der Waals surface area contributed by atoms with E-state index in [1.54, 1.807) is 16.8 Å². The smallest absolute Gasteiger partial charge is 0.245 e. The van der Waals surface area contributed by atoms with Gasteiger partial charge in [-0.3, -0.25) is 9.36 Å². The third-order valence-electron chi connectivity index (χ3n) is 8.90. The maximum absolute atomic E-state index is 15.2. The summed E-state index contributed by atoms with van der Waals surface area (Å²) in [6.45, 7) is 5.54. The molecule has 1 aliphatic carbocycles. The second kappa shape index (κ2) is 10.7. The molecule has 0 radical (unpaired) electrons. The Morgan fingerprint density at radius 3 is 2.66 bits per heavy atom. The van der Waals surface area contributed by atoms with Crippen LogP contribution in [0.25, 0.3) is 34.1 Å². The average molecular weight is 590 g/mol. The van der Waals surface area contributed by atoms with Gasteiger partial charge in [0.05, 0.1) is 23.0 Å². The van der Waals surface area contributed by atoms with Gasteiger partial charge < -0.3 is 15.0 Å². The summed E-state index contributed by atoms with van der Waals surface area (Å²) < 4.78 is 25.1. The van der Waals surface area contributed by atoms with Crippen LogP contribution in [0.4, 0.5) is 4.39 Å². The lowest BCUT2D eigenvalue weighted by atomic mass is 10.0. The molecule has 1 unspecified atom stereocenters. The van der Waals surface area contributed by atoms with E-state index >= 15 is 4.39 Å². The summed E-state index contributed by atoms with van der Waals surface area (Å²) >= 11 is 0. The Morgan fingerprint density at radius 1 is 1.02 bits per heavy atom. The van der Waals surface area contributed by atoms with E-state index in [1.165, 1.54) is 25.0 Å². The number of piperidine rings is 1. The van der Waals surface area contributed by atoms with Gasteiger partial charge in [-0.25, -0.2) is 19.0 Å². The Labute approximate surface area is 254 Å². The van der Waals surface area contributed by atoms with Crippen LogP contribution in [0.2, 0.25) is 0 Å². The quantitative estimate of drug-likeness (QED) is 0.253. The number of hydrogen-bond acceptors (Lipinski definition) is 6. The van der Waals surface area contributed by atoms with Crippen molar-refractivity contribution in [2.45, 2.75) is 43.7 Å². The molecule has 5 aromatic rings. The fourth-order valence-electron chi connectivity index (χ4n) is 6.36. The van der Waals surface area contributed by atoms with Gasteiger partial charge in [-0.1, -0.05) is 24.8 Å². The van der Waals surface area contributed by atoms with Gasteiger partial charge in [-0.15, -0.1) is 0 Å². The van der Waals surface area contributed by atoms with Crippen LogP contribution in [0.3, 0.4) is 0 Å². The molecule has 0 spiro atoms. The lowest BCUT2D eigenvalue weighted by Gasteiger charge is -2.33.